The second kappa shape index (κ2) is 8.04. The molecule has 2 aromatic carbocycles. The second-order valence-corrected chi connectivity index (χ2v) is 10.7. The number of ketones is 1. The first-order valence-corrected chi connectivity index (χ1v) is 12.5. The Morgan fingerprint density at radius 3 is 2.11 bits per heavy atom. The van der Waals surface area contributed by atoms with Gasteiger partial charge in [0.1, 0.15) is 6.04 Å². The first-order valence-electron chi connectivity index (χ1n) is 11.7. The van der Waals surface area contributed by atoms with E-state index in [0.717, 1.165) is 16.4 Å². The van der Waals surface area contributed by atoms with Gasteiger partial charge in [0, 0.05) is 10.6 Å². The quantitative estimate of drug-likeness (QED) is 0.334. The Bertz CT molecular complexity index is 1270. The number of amides is 3. The number of imide groups is 1. The Labute approximate surface area is 212 Å². The largest absolute Gasteiger partial charge is 0.292 e. The minimum absolute atomic E-state index is 0.00680. The van der Waals surface area contributed by atoms with Gasteiger partial charge in [-0.25, -0.2) is 5.01 Å². The Hall–Kier alpha value is -2.96. The third-order valence-electron chi connectivity index (χ3n) is 8.03. The molecule has 2 aromatic rings. The fraction of sp³-hybridized carbons (Fsp3) is 0.333. The van der Waals surface area contributed by atoms with Crippen LogP contribution in [0.5, 0.6) is 0 Å². The van der Waals surface area contributed by atoms with E-state index in [1.807, 2.05) is 0 Å². The van der Waals surface area contributed by atoms with Crippen LogP contribution in [0.1, 0.15) is 34.1 Å². The summed E-state index contributed by atoms with van der Waals surface area (Å²) in [4.78, 5) is 54.9. The number of allylic oxidation sites excluding steroid dienone is 2. The lowest BCUT2D eigenvalue weighted by Crippen LogP contribution is -2.56. The van der Waals surface area contributed by atoms with E-state index in [2.05, 4.69) is 12.2 Å². The van der Waals surface area contributed by atoms with Gasteiger partial charge in [0.15, 0.2) is 5.78 Å². The topological polar surface area (TPSA) is 74.8 Å². The number of halogens is 2. The molecular formula is C27H22Cl2N2O4. The highest BCUT2D eigenvalue weighted by atomic mass is 35.5. The Kier molecular flexibility index (Phi) is 5.17. The number of benzene rings is 2. The molecule has 8 heteroatoms. The fourth-order valence-electron chi connectivity index (χ4n) is 6.33. The van der Waals surface area contributed by atoms with Crippen molar-refractivity contribution in [1.82, 2.24) is 10.0 Å². The summed E-state index contributed by atoms with van der Waals surface area (Å²) in [6.45, 7) is 1.53. The molecule has 0 spiro atoms. The normalized spacial score (nSPS) is 30.7. The summed E-state index contributed by atoms with van der Waals surface area (Å²) in [7, 11) is 0. The minimum atomic E-state index is -1.12. The summed E-state index contributed by atoms with van der Waals surface area (Å²) in [5.74, 6) is -2.11. The molecule has 0 N–H and O–H groups in total. The number of hydrogen-bond acceptors (Lipinski definition) is 4. The number of carbonyl (C=O) groups excluding carboxylic acids is 4. The molecule has 3 fully saturated rings. The molecule has 178 valence electrons. The predicted molar refractivity (Wildman–Crippen MR) is 129 cm³/mol. The summed E-state index contributed by atoms with van der Waals surface area (Å²) in [5, 5.41) is 2.36. The van der Waals surface area contributed by atoms with Crippen LogP contribution in [0.15, 0.2) is 60.7 Å². The first-order chi connectivity index (χ1) is 16.8. The fourth-order valence-corrected chi connectivity index (χ4v) is 6.82. The molecule has 6 nitrogen and oxygen atoms in total. The van der Waals surface area contributed by atoms with Gasteiger partial charge in [0.2, 0.25) is 0 Å². The van der Waals surface area contributed by atoms with Crippen LogP contribution in [0.2, 0.25) is 10.0 Å². The van der Waals surface area contributed by atoms with E-state index in [1.165, 1.54) is 25.1 Å². The van der Waals surface area contributed by atoms with Crippen LogP contribution in [0.25, 0.3) is 0 Å². The van der Waals surface area contributed by atoms with E-state index < -0.39 is 35.6 Å². The molecule has 35 heavy (non-hydrogen) atoms. The van der Waals surface area contributed by atoms with E-state index >= 15 is 0 Å². The van der Waals surface area contributed by atoms with E-state index in [1.54, 1.807) is 30.3 Å². The molecule has 2 saturated carbocycles. The van der Waals surface area contributed by atoms with Gasteiger partial charge in [-0.1, -0.05) is 65.7 Å². The molecule has 0 aromatic heterocycles. The number of nitrogens with zero attached hydrogens (tertiary/aromatic N) is 2. The SMILES string of the molecule is C[C@H](C(=O)c1ccccc1)N(C(=O)c1ccc(Cl)cc1Cl)N1C(=O)[C@@H]2[C@H]3C=C[C@@H]([C@@H]4C[C@H]34)[C@H]2C1=O. The highest BCUT2D eigenvalue weighted by molar-refractivity contribution is 6.36. The number of hydrazine groups is 1. The van der Waals surface area contributed by atoms with Gasteiger partial charge in [0.25, 0.3) is 17.7 Å². The van der Waals surface area contributed by atoms with Gasteiger partial charge < -0.3 is 0 Å². The number of carbonyl (C=O) groups is 4. The maximum Gasteiger partial charge on any atom is 0.275 e. The monoisotopic (exact) mass is 508 g/mol. The van der Waals surface area contributed by atoms with Crippen LogP contribution in [0.4, 0.5) is 0 Å². The van der Waals surface area contributed by atoms with Crippen LogP contribution in [0, 0.1) is 35.5 Å². The molecule has 5 aliphatic rings. The van der Waals surface area contributed by atoms with Crippen molar-refractivity contribution < 1.29 is 19.2 Å². The summed E-state index contributed by atoms with van der Waals surface area (Å²) >= 11 is 12.4. The van der Waals surface area contributed by atoms with Gasteiger partial charge in [0.05, 0.1) is 22.4 Å². The lowest BCUT2D eigenvalue weighted by atomic mass is 9.63. The molecule has 4 aliphatic carbocycles. The molecule has 7 atom stereocenters. The number of rotatable bonds is 5. The van der Waals surface area contributed by atoms with Gasteiger partial charge in [-0.15, -0.1) is 0 Å². The van der Waals surface area contributed by atoms with Crippen molar-refractivity contribution in [2.45, 2.75) is 19.4 Å². The molecular weight excluding hydrogens is 487 g/mol. The Morgan fingerprint density at radius 1 is 0.943 bits per heavy atom. The third-order valence-corrected chi connectivity index (χ3v) is 8.58. The van der Waals surface area contributed by atoms with E-state index in [0.29, 0.717) is 22.4 Å². The van der Waals surface area contributed by atoms with Crippen molar-refractivity contribution in [3.05, 3.63) is 81.9 Å². The molecule has 7 rings (SSSR count). The number of hydrogen-bond donors (Lipinski definition) is 0. The summed E-state index contributed by atoms with van der Waals surface area (Å²) < 4.78 is 0. The van der Waals surface area contributed by atoms with Crippen LogP contribution in [-0.4, -0.2) is 39.6 Å². The lowest BCUT2D eigenvalue weighted by molar-refractivity contribution is -0.156. The van der Waals surface area contributed by atoms with Crippen LogP contribution >= 0.6 is 23.2 Å². The highest BCUT2D eigenvalue weighted by Gasteiger charge is 2.68. The summed E-state index contributed by atoms with van der Waals surface area (Å²) in [6, 6.07) is 11.8. The molecule has 1 saturated heterocycles. The van der Waals surface area contributed by atoms with Crippen LogP contribution in [-0.2, 0) is 9.59 Å². The van der Waals surface area contributed by atoms with E-state index in [9.17, 15) is 19.2 Å². The van der Waals surface area contributed by atoms with Gasteiger partial charge in [-0.05, 0) is 55.2 Å². The molecule has 3 amide bonds. The first kappa shape index (κ1) is 22.5. The average molecular weight is 509 g/mol. The van der Waals surface area contributed by atoms with Gasteiger partial charge >= 0.3 is 0 Å². The minimum Gasteiger partial charge on any atom is -0.292 e. The molecule has 1 heterocycles. The Morgan fingerprint density at radius 2 is 1.54 bits per heavy atom. The third kappa shape index (κ3) is 3.30. The van der Waals surface area contributed by atoms with Crippen molar-refractivity contribution in [2.75, 3.05) is 0 Å². The zero-order valence-electron chi connectivity index (χ0n) is 18.8. The Balaban J connectivity index is 1.42. The van der Waals surface area contributed by atoms with Crippen molar-refractivity contribution in [3.8, 4) is 0 Å². The zero-order valence-corrected chi connectivity index (χ0v) is 20.3. The molecule has 0 radical (unpaired) electrons. The van der Waals surface area contributed by atoms with Crippen molar-refractivity contribution >= 4 is 46.7 Å². The van der Waals surface area contributed by atoms with Crippen molar-refractivity contribution in [3.63, 3.8) is 0 Å². The zero-order chi connectivity index (χ0) is 24.6. The summed E-state index contributed by atoms with van der Waals surface area (Å²) in [5.41, 5.74) is 0.433. The predicted octanol–water partition coefficient (Wildman–Crippen LogP) is 4.68. The smallest absolute Gasteiger partial charge is 0.275 e. The highest BCUT2D eigenvalue weighted by Crippen LogP contribution is 2.65. The summed E-state index contributed by atoms with van der Waals surface area (Å²) in [6.07, 6.45) is 5.16. The van der Waals surface area contributed by atoms with E-state index in [4.69, 9.17) is 23.2 Å². The lowest BCUT2D eigenvalue weighted by Gasteiger charge is -2.37. The van der Waals surface area contributed by atoms with Crippen LogP contribution < -0.4 is 0 Å². The maximum absolute atomic E-state index is 13.9. The second-order valence-electron chi connectivity index (χ2n) is 9.82. The standard InChI is InChI=1S/C27H22Cl2N2O4/c1-13(24(32)14-5-3-2-4-6-14)30(25(33)18-8-7-15(28)11-21(18)29)31-26(34)22-16-9-10-17(20-12-19(16)20)23(22)27(31)35/h2-11,13,16-17,19-20,22-23H,12H2,1H3/t13-,16+,17+,19-,20+,22-,23-/m1/s1. The van der Waals surface area contributed by atoms with Crippen LogP contribution in [0.3, 0.4) is 0 Å². The van der Waals surface area contributed by atoms with Crippen molar-refractivity contribution in [2.24, 2.45) is 35.5 Å². The van der Waals surface area contributed by atoms with Gasteiger partial charge in [-0.3, -0.25) is 19.2 Å². The number of Topliss-reactive ketones (excluding diaryl/α,β-unsaturated/α-hetero) is 1. The van der Waals surface area contributed by atoms with Gasteiger partial charge in [-0.2, -0.15) is 5.01 Å². The molecule has 0 unspecified atom stereocenters. The molecule has 1 aliphatic heterocycles. The van der Waals surface area contributed by atoms with Crippen molar-refractivity contribution in [1.29, 1.82) is 0 Å². The molecule has 2 bridgehead atoms. The average Bonchev–Trinajstić information content (AvgIpc) is 3.64. The van der Waals surface area contributed by atoms with E-state index in [-0.39, 0.29) is 28.2 Å². The maximum atomic E-state index is 13.9.